The maximum absolute atomic E-state index is 12.0. The molecule has 0 fully saturated rings. The molecule has 0 aliphatic rings. The van der Waals surface area contributed by atoms with Crippen molar-refractivity contribution in [3.8, 4) is 0 Å². The molecule has 0 heterocycles. The molecule has 0 unspecified atom stereocenters. The van der Waals surface area contributed by atoms with Gasteiger partial charge in [0, 0.05) is 32.3 Å². The van der Waals surface area contributed by atoms with E-state index in [0.717, 1.165) is 0 Å². The highest BCUT2D eigenvalue weighted by molar-refractivity contribution is 6.53. The van der Waals surface area contributed by atoms with Crippen LogP contribution in [0.2, 0.25) is 20.1 Å². The molecule has 0 aromatic heterocycles. The minimum absolute atomic E-state index is 0.105. The van der Waals surface area contributed by atoms with Crippen LogP contribution in [0.3, 0.4) is 0 Å². The Kier molecular flexibility index (Phi) is 9.57. The van der Waals surface area contributed by atoms with Gasteiger partial charge in [-0.05, 0) is 60.7 Å². The highest BCUT2D eigenvalue weighted by Crippen LogP contribution is 2.26. The number of carbonyl (C=O) groups is 4. The molecule has 0 radical (unpaired) electrons. The van der Waals surface area contributed by atoms with Crippen LogP contribution >= 0.6 is 46.4 Å². The molecule has 0 aliphatic heterocycles. The second-order valence-corrected chi connectivity index (χ2v) is 8.96. The summed E-state index contributed by atoms with van der Waals surface area (Å²) in [7, 11) is 0. The number of hydrogen-bond acceptors (Lipinski definition) is 4. The van der Waals surface area contributed by atoms with Crippen molar-refractivity contribution in [2.75, 3.05) is 0 Å². The second-order valence-electron chi connectivity index (χ2n) is 7.30. The first-order valence-corrected chi connectivity index (χ1v) is 11.9. The van der Waals surface area contributed by atoms with Gasteiger partial charge in [0.1, 0.15) is 0 Å². The number of hydrogen-bond donors (Lipinski definition) is 0. The molecule has 4 aromatic rings. The van der Waals surface area contributed by atoms with E-state index in [-0.39, 0.29) is 15.6 Å². The summed E-state index contributed by atoms with van der Waals surface area (Å²) >= 11 is 23.2. The average molecular weight is 558 g/mol. The first-order valence-electron chi connectivity index (χ1n) is 10.4. The fourth-order valence-corrected chi connectivity index (χ4v) is 3.63. The van der Waals surface area contributed by atoms with Crippen LogP contribution in [0.15, 0.2) is 97.1 Å². The van der Waals surface area contributed by atoms with Crippen LogP contribution in [0.5, 0.6) is 0 Å². The largest absolute Gasteiger partial charge is 0.285 e. The number of ketones is 4. The molecule has 0 saturated carbocycles. The van der Waals surface area contributed by atoms with Crippen LogP contribution in [-0.2, 0) is 0 Å². The molecule has 0 spiro atoms. The van der Waals surface area contributed by atoms with Crippen LogP contribution < -0.4 is 0 Å². The van der Waals surface area contributed by atoms with Gasteiger partial charge in [0.2, 0.25) is 23.1 Å². The molecule has 0 bridgehead atoms. The smallest absolute Gasteiger partial charge is 0.235 e. The Hall–Kier alpha value is -3.28. The van der Waals surface area contributed by atoms with Crippen LogP contribution in [0.4, 0.5) is 0 Å². The van der Waals surface area contributed by atoms with Gasteiger partial charge < -0.3 is 0 Å². The number of benzene rings is 4. The fourth-order valence-electron chi connectivity index (χ4n) is 2.99. The van der Waals surface area contributed by atoms with E-state index in [9.17, 15) is 19.2 Å². The van der Waals surface area contributed by atoms with Crippen molar-refractivity contribution < 1.29 is 19.2 Å². The molecular weight excluding hydrogens is 542 g/mol. The van der Waals surface area contributed by atoms with Gasteiger partial charge in [-0.1, -0.05) is 82.8 Å². The van der Waals surface area contributed by atoms with E-state index < -0.39 is 23.1 Å². The van der Waals surface area contributed by atoms with Crippen molar-refractivity contribution in [3.63, 3.8) is 0 Å². The molecule has 36 heavy (non-hydrogen) atoms. The Balaban J connectivity index is 0.000000201. The van der Waals surface area contributed by atoms with Crippen LogP contribution in [0.25, 0.3) is 0 Å². The lowest BCUT2D eigenvalue weighted by molar-refractivity contribution is 0.0817. The molecule has 0 aliphatic carbocycles. The molecule has 0 N–H and O–H groups in total. The van der Waals surface area contributed by atoms with Crippen LogP contribution in [-0.4, -0.2) is 23.1 Å². The van der Waals surface area contributed by atoms with Gasteiger partial charge >= 0.3 is 0 Å². The predicted molar refractivity (Wildman–Crippen MR) is 143 cm³/mol. The number of carbonyl (C=O) groups excluding carboxylic acids is 4. The van der Waals surface area contributed by atoms with Gasteiger partial charge in [0.05, 0.1) is 10.0 Å². The zero-order valence-corrected chi connectivity index (χ0v) is 21.4. The zero-order valence-electron chi connectivity index (χ0n) is 18.4. The maximum atomic E-state index is 12.0. The Labute approximate surface area is 227 Å². The molecule has 0 amide bonds. The summed E-state index contributed by atoms with van der Waals surface area (Å²) in [5, 5.41) is 1.40. The van der Waals surface area contributed by atoms with Crippen molar-refractivity contribution in [2.24, 2.45) is 0 Å². The molecule has 4 aromatic carbocycles. The molecule has 180 valence electrons. The van der Waals surface area contributed by atoms with Crippen molar-refractivity contribution in [2.45, 2.75) is 0 Å². The molecule has 4 nitrogen and oxygen atoms in total. The number of Topliss-reactive ketones (excluding diaryl/α,β-unsaturated/α-hetero) is 4. The molecule has 4 rings (SSSR count). The monoisotopic (exact) mass is 556 g/mol. The molecule has 8 heteroatoms. The maximum Gasteiger partial charge on any atom is 0.235 e. The highest BCUT2D eigenvalue weighted by Gasteiger charge is 2.21. The zero-order chi connectivity index (χ0) is 26.2. The summed E-state index contributed by atoms with van der Waals surface area (Å²) in [6.45, 7) is 0. The quantitative estimate of drug-likeness (QED) is 0.177. The van der Waals surface area contributed by atoms with E-state index in [1.54, 1.807) is 66.7 Å². The van der Waals surface area contributed by atoms with E-state index in [0.29, 0.717) is 26.7 Å². The van der Waals surface area contributed by atoms with Gasteiger partial charge in [0.25, 0.3) is 0 Å². The highest BCUT2D eigenvalue weighted by atomic mass is 35.5. The Morgan fingerprint density at radius 2 is 0.833 bits per heavy atom. The van der Waals surface area contributed by atoms with Gasteiger partial charge in [-0.25, -0.2) is 0 Å². The average Bonchev–Trinajstić information content (AvgIpc) is 2.90. The minimum Gasteiger partial charge on any atom is -0.285 e. The van der Waals surface area contributed by atoms with E-state index in [1.807, 2.05) is 0 Å². The molecule has 0 saturated heterocycles. The summed E-state index contributed by atoms with van der Waals surface area (Å²) in [5.41, 5.74) is 1.09. The van der Waals surface area contributed by atoms with Crippen LogP contribution in [0, 0.1) is 0 Å². The standard InChI is InChI=1S/2C14H8Cl2O2/c15-11-5-1-9(2-6-11)13(17)14(18)10-3-7-12(16)8-4-10;15-11-8-4-7-10(12(11)16)14(18)13(17)9-5-2-1-3-6-9/h2*1-8H. The number of rotatable bonds is 6. The Bertz CT molecular complexity index is 1360. The molecule has 0 atom stereocenters. The van der Waals surface area contributed by atoms with Gasteiger partial charge in [-0.3, -0.25) is 19.2 Å². The lowest BCUT2D eigenvalue weighted by Gasteiger charge is -2.04. The number of halogens is 4. The summed E-state index contributed by atoms with van der Waals surface area (Å²) in [5.74, 6) is -2.38. The van der Waals surface area contributed by atoms with E-state index in [4.69, 9.17) is 46.4 Å². The van der Waals surface area contributed by atoms with Gasteiger partial charge in [-0.2, -0.15) is 0 Å². The third kappa shape index (κ3) is 6.90. The lowest BCUT2D eigenvalue weighted by Crippen LogP contribution is -2.14. The van der Waals surface area contributed by atoms with Crippen molar-refractivity contribution in [1.82, 2.24) is 0 Å². The first kappa shape index (κ1) is 27.3. The third-order valence-corrected chi connectivity index (χ3v) is 6.18. The predicted octanol–water partition coefficient (Wildman–Crippen LogP) is 8.12. The topological polar surface area (TPSA) is 68.3 Å². The summed E-state index contributed by atoms with van der Waals surface area (Å²) in [6, 6.07) is 25.4. The fraction of sp³-hybridized carbons (Fsp3) is 0. The normalized spacial score (nSPS) is 10.1. The van der Waals surface area contributed by atoms with Gasteiger partial charge in [0.15, 0.2) is 0 Å². The van der Waals surface area contributed by atoms with Gasteiger partial charge in [-0.15, -0.1) is 0 Å². The summed E-state index contributed by atoms with van der Waals surface area (Å²) in [4.78, 5) is 47.8. The molecular formula is C28H16Cl4O4. The minimum atomic E-state index is -0.659. The van der Waals surface area contributed by atoms with Crippen molar-refractivity contribution in [1.29, 1.82) is 0 Å². The van der Waals surface area contributed by atoms with E-state index in [2.05, 4.69) is 0 Å². The SMILES string of the molecule is O=C(C(=O)c1ccc(Cl)cc1)c1ccc(Cl)cc1.O=C(C(=O)c1cccc(Cl)c1Cl)c1ccccc1. The Morgan fingerprint density at radius 3 is 1.31 bits per heavy atom. The third-order valence-electron chi connectivity index (χ3n) is 4.86. The lowest BCUT2D eigenvalue weighted by atomic mass is 10.0. The van der Waals surface area contributed by atoms with E-state index in [1.165, 1.54) is 30.3 Å². The van der Waals surface area contributed by atoms with Crippen LogP contribution in [0.1, 0.15) is 41.4 Å². The second kappa shape index (κ2) is 12.6. The van der Waals surface area contributed by atoms with E-state index >= 15 is 0 Å². The summed E-state index contributed by atoms with van der Waals surface area (Å²) in [6.07, 6.45) is 0. The first-order chi connectivity index (χ1) is 17.2. The Morgan fingerprint density at radius 1 is 0.417 bits per heavy atom. The van der Waals surface area contributed by atoms with Crippen molar-refractivity contribution in [3.05, 3.63) is 139 Å². The summed E-state index contributed by atoms with van der Waals surface area (Å²) < 4.78 is 0. The van der Waals surface area contributed by atoms with Crippen molar-refractivity contribution >= 4 is 69.5 Å².